The van der Waals surface area contributed by atoms with Crippen LogP contribution in [-0.2, 0) is 14.4 Å². The van der Waals surface area contributed by atoms with Gasteiger partial charge in [0.25, 0.3) is 0 Å². The van der Waals surface area contributed by atoms with Crippen LogP contribution in [0, 0.1) is 0 Å². The molecule has 3 N–H and O–H groups in total. The van der Waals surface area contributed by atoms with Crippen LogP contribution >= 0.6 is 0 Å². The smallest absolute Gasteiger partial charge is 0.312 e. The predicted molar refractivity (Wildman–Crippen MR) is 51.0 cm³/mol. The van der Waals surface area contributed by atoms with Crippen LogP contribution in [0.15, 0.2) is 0 Å². The maximum atomic E-state index is 11.3. The van der Waals surface area contributed by atoms with Gasteiger partial charge in [-0.1, -0.05) is 0 Å². The summed E-state index contributed by atoms with van der Waals surface area (Å²) >= 11 is 0. The number of carboxylic acids is 1. The topological polar surface area (TPSA) is 95.5 Å². The van der Waals surface area contributed by atoms with Crippen LogP contribution in [0.2, 0.25) is 0 Å². The fourth-order valence-corrected chi connectivity index (χ4v) is 1.05. The minimum atomic E-state index is -1.21. The zero-order valence-electron chi connectivity index (χ0n) is 8.45. The van der Waals surface area contributed by atoms with Gasteiger partial charge in [0.05, 0.1) is 0 Å². The molecule has 2 amide bonds. The number of hydrogen-bond acceptors (Lipinski definition) is 3. The molecule has 0 heterocycles. The molecule has 0 aromatic carbocycles. The molecule has 0 aliphatic heterocycles. The van der Waals surface area contributed by atoms with Gasteiger partial charge in [0, 0.05) is 6.04 Å². The molecule has 6 heteroatoms. The molecule has 0 saturated heterocycles. The van der Waals surface area contributed by atoms with E-state index in [-0.39, 0.29) is 11.9 Å². The monoisotopic (exact) mass is 214 g/mol. The normalized spacial score (nSPS) is 16.6. The van der Waals surface area contributed by atoms with Crippen molar-refractivity contribution in [3.05, 3.63) is 0 Å². The van der Waals surface area contributed by atoms with Crippen molar-refractivity contribution in [3.63, 3.8) is 0 Å². The number of carbonyl (C=O) groups is 3. The molecular weight excluding hydrogens is 200 g/mol. The van der Waals surface area contributed by atoms with Gasteiger partial charge in [0.1, 0.15) is 12.5 Å². The summed E-state index contributed by atoms with van der Waals surface area (Å²) in [6.45, 7) is 1.53. The van der Waals surface area contributed by atoms with Crippen molar-refractivity contribution < 1.29 is 19.5 Å². The number of nitrogens with one attached hydrogen (secondary N) is 2. The number of aliphatic carboxylic acids is 1. The lowest BCUT2D eigenvalue weighted by Gasteiger charge is -2.12. The highest BCUT2D eigenvalue weighted by molar-refractivity contribution is 5.96. The van der Waals surface area contributed by atoms with Crippen molar-refractivity contribution in [2.45, 2.75) is 38.3 Å². The summed E-state index contributed by atoms with van der Waals surface area (Å²) in [4.78, 5) is 32.5. The lowest BCUT2D eigenvalue weighted by Crippen LogP contribution is -2.45. The second-order valence-corrected chi connectivity index (χ2v) is 3.64. The van der Waals surface area contributed by atoms with E-state index in [1.165, 1.54) is 6.92 Å². The summed E-state index contributed by atoms with van der Waals surface area (Å²) in [5, 5.41) is 13.4. The molecule has 0 spiro atoms. The first-order chi connectivity index (χ1) is 6.99. The summed E-state index contributed by atoms with van der Waals surface area (Å²) in [5.41, 5.74) is 0. The van der Waals surface area contributed by atoms with Gasteiger partial charge in [-0.25, -0.2) is 0 Å². The fourth-order valence-electron chi connectivity index (χ4n) is 1.05. The van der Waals surface area contributed by atoms with Crippen molar-refractivity contribution in [3.8, 4) is 0 Å². The van der Waals surface area contributed by atoms with Crippen LogP contribution in [0.25, 0.3) is 0 Å². The van der Waals surface area contributed by atoms with Gasteiger partial charge in [-0.15, -0.1) is 0 Å². The summed E-state index contributed by atoms with van der Waals surface area (Å²) < 4.78 is 0. The van der Waals surface area contributed by atoms with E-state index in [1.807, 2.05) is 0 Å². The maximum absolute atomic E-state index is 11.3. The van der Waals surface area contributed by atoms with E-state index < -0.39 is 24.3 Å². The summed E-state index contributed by atoms with van der Waals surface area (Å²) in [7, 11) is 0. The molecule has 1 fully saturated rings. The fraction of sp³-hybridized carbons (Fsp3) is 0.667. The summed E-state index contributed by atoms with van der Waals surface area (Å²) in [6.07, 6.45) is 1.34. The Kier molecular flexibility index (Phi) is 3.65. The van der Waals surface area contributed by atoms with E-state index in [0.29, 0.717) is 0 Å². The van der Waals surface area contributed by atoms with Crippen LogP contribution in [0.4, 0.5) is 0 Å². The molecule has 1 unspecified atom stereocenters. The Labute approximate surface area is 87.0 Å². The SMILES string of the molecule is CC(NC(=O)CC(=O)O)C(=O)NC1CC1. The summed E-state index contributed by atoms with van der Waals surface area (Å²) in [5.74, 6) is -2.13. The van der Waals surface area contributed by atoms with Gasteiger partial charge in [0.15, 0.2) is 0 Å². The molecule has 1 rings (SSSR count). The molecule has 1 saturated carbocycles. The Morgan fingerprint density at radius 2 is 2.00 bits per heavy atom. The van der Waals surface area contributed by atoms with Crippen molar-refractivity contribution in [1.82, 2.24) is 10.6 Å². The molecule has 1 aliphatic rings. The molecule has 1 atom stereocenters. The predicted octanol–water partition coefficient (Wildman–Crippen LogP) is -0.756. The van der Waals surface area contributed by atoms with E-state index >= 15 is 0 Å². The minimum absolute atomic E-state index is 0.233. The van der Waals surface area contributed by atoms with E-state index in [1.54, 1.807) is 0 Å². The zero-order chi connectivity index (χ0) is 11.4. The largest absolute Gasteiger partial charge is 0.481 e. The molecule has 0 radical (unpaired) electrons. The Morgan fingerprint density at radius 3 is 2.47 bits per heavy atom. The Hall–Kier alpha value is -1.59. The number of hydrogen-bond donors (Lipinski definition) is 3. The second-order valence-electron chi connectivity index (χ2n) is 3.64. The van der Waals surface area contributed by atoms with Gasteiger partial charge >= 0.3 is 5.97 Å². The minimum Gasteiger partial charge on any atom is -0.481 e. The van der Waals surface area contributed by atoms with E-state index in [0.717, 1.165) is 12.8 Å². The Morgan fingerprint density at radius 1 is 1.40 bits per heavy atom. The van der Waals surface area contributed by atoms with Crippen LogP contribution in [0.3, 0.4) is 0 Å². The molecule has 0 bridgehead atoms. The van der Waals surface area contributed by atoms with Gasteiger partial charge in [-0.3, -0.25) is 14.4 Å². The third-order valence-corrected chi connectivity index (χ3v) is 2.01. The molecule has 0 aromatic rings. The highest BCUT2D eigenvalue weighted by Crippen LogP contribution is 2.18. The molecular formula is C9H14N2O4. The van der Waals surface area contributed by atoms with Crippen molar-refractivity contribution in [1.29, 1.82) is 0 Å². The third-order valence-electron chi connectivity index (χ3n) is 2.01. The number of amides is 2. The second kappa shape index (κ2) is 4.77. The third kappa shape index (κ3) is 4.44. The van der Waals surface area contributed by atoms with Gasteiger partial charge in [-0.05, 0) is 19.8 Å². The highest BCUT2D eigenvalue weighted by atomic mass is 16.4. The van der Waals surface area contributed by atoms with Gasteiger partial charge < -0.3 is 15.7 Å². The maximum Gasteiger partial charge on any atom is 0.312 e. The lowest BCUT2D eigenvalue weighted by molar-refractivity contribution is -0.141. The van der Waals surface area contributed by atoms with Gasteiger partial charge in [-0.2, -0.15) is 0 Å². The van der Waals surface area contributed by atoms with E-state index in [4.69, 9.17) is 5.11 Å². The van der Waals surface area contributed by atoms with Crippen molar-refractivity contribution >= 4 is 17.8 Å². The molecule has 84 valence electrons. The highest BCUT2D eigenvalue weighted by Gasteiger charge is 2.26. The average Bonchev–Trinajstić information content (AvgIpc) is 2.86. The summed E-state index contributed by atoms with van der Waals surface area (Å²) in [6, 6.07) is -0.450. The molecule has 1 aliphatic carbocycles. The van der Waals surface area contributed by atoms with Crippen molar-refractivity contribution in [2.75, 3.05) is 0 Å². The standard InChI is InChI=1S/C9H14N2O4/c1-5(9(15)11-6-2-3-6)10-7(12)4-8(13)14/h5-6H,2-4H2,1H3,(H,10,12)(H,11,15)(H,13,14). The molecule has 6 nitrogen and oxygen atoms in total. The van der Waals surface area contributed by atoms with E-state index in [2.05, 4.69) is 10.6 Å². The molecule has 15 heavy (non-hydrogen) atoms. The zero-order valence-corrected chi connectivity index (χ0v) is 8.45. The number of carboxylic acid groups (broad SMARTS) is 1. The quantitative estimate of drug-likeness (QED) is 0.524. The van der Waals surface area contributed by atoms with E-state index in [9.17, 15) is 14.4 Å². The van der Waals surface area contributed by atoms with Crippen LogP contribution in [0.5, 0.6) is 0 Å². The lowest BCUT2D eigenvalue weighted by atomic mass is 10.3. The number of rotatable bonds is 5. The first-order valence-corrected chi connectivity index (χ1v) is 4.80. The van der Waals surface area contributed by atoms with Crippen LogP contribution in [0.1, 0.15) is 26.2 Å². The van der Waals surface area contributed by atoms with Crippen LogP contribution < -0.4 is 10.6 Å². The van der Waals surface area contributed by atoms with Crippen LogP contribution in [-0.4, -0.2) is 35.0 Å². The Balaban J connectivity index is 2.26. The first kappa shape index (κ1) is 11.5. The van der Waals surface area contributed by atoms with Crippen molar-refractivity contribution in [2.24, 2.45) is 0 Å². The number of carbonyl (C=O) groups excluding carboxylic acids is 2. The van der Waals surface area contributed by atoms with Gasteiger partial charge in [0.2, 0.25) is 11.8 Å². The average molecular weight is 214 g/mol. The molecule has 0 aromatic heterocycles. The Bertz CT molecular complexity index is 286. The first-order valence-electron chi connectivity index (χ1n) is 4.80.